The summed E-state index contributed by atoms with van der Waals surface area (Å²) in [5, 5.41) is 1.39. The molecular weight excluding hydrogens is 388 g/mol. The summed E-state index contributed by atoms with van der Waals surface area (Å²) in [4.78, 5) is 29.1. The average molecular weight is 407 g/mol. The number of rotatable bonds is 4. The fourth-order valence-electron chi connectivity index (χ4n) is 3.55. The number of para-hydroxylation sites is 1. The number of nitrogens with two attached hydrogens (primary N) is 1. The standard InChI is InChI=1S/C23H19ClN2O3/c1-13(22(25)27)29-23(28)20-17-4-2-3-5-19(17)26-21-15(8-11-18(20)21)12-14-6-9-16(24)10-7-14/h2-7,9-10,12-13H,8,11H2,1H3,(H2,25,27)/b15-12+. The van der Waals surface area contributed by atoms with E-state index in [9.17, 15) is 9.59 Å². The predicted molar refractivity (Wildman–Crippen MR) is 113 cm³/mol. The van der Waals surface area contributed by atoms with Crippen LogP contribution in [0, 0.1) is 0 Å². The van der Waals surface area contributed by atoms with Crippen molar-refractivity contribution in [3.8, 4) is 0 Å². The number of fused-ring (bicyclic) bond motifs is 2. The Morgan fingerprint density at radius 1 is 1.14 bits per heavy atom. The molecule has 1 atom stereocenters. The SMILES string of the molecule is CC(OC(=O)c1c2c(nc3ccccc13)/C(=C/c1ccc(Cl)cc1)CC2)C(N)=O. The fourth-order valence-corrected chi connectivity index (χ4v) is 3.68. The molecule has 0 fully saturated rings. The molecular formula is C23H19ClN2O3. The molecule has 1 amide bonds. The molecule has 1 unspecified atom stereocenters. The summed E-state index contributed by atoms with van der Waals surface area (Å²) in [5.41, 5.74) is 10.1. The van der Waals surface area contributed by atoms with Gasteiger partial charge in [-0.2, -0.15) is 0 Å². The van der Waals surface area contributed by atoms with Crippen LogP contribution in [-0.4, -0.2) is 23.0 Å². The zero-order chi connectivity index (χ0) is 20.5. The molecule has 5 nitrogen and oxygen atoms in total. The van der Waals surface area contributed by atoms with Crippen molar-refractivity contribution in [1.29, 1.82) is 0 Å². The van der Waals surface area contributed by atoms with Gasteiger partial charge < -0.3 is 10.5 Å². The van der Waals surface area contributed by atoms with E-state index in [2.05, 4.69) is 6.08 Å². The van der Waals surface area contributed by atoms with E-state index in [1.54, 1.807) is 0 Å². The predicted octanol–water partition coefficient (Wildman–Crippen LogP) is 4.41. The third-order valence-electron chi connectivity index (χ3n) is 5.04. The smallest absolute Gasteiger partial charge is 0.339 e. The highest BCUT2D eigenvalue weighted by molar-refractivity contribution is 6.30. The summed E-state index contributed by atoms with van der Waals surface area (Å²) in [7, 11) is 0. The molecule has 1 heterocycles. The van der Waals surface area contributed by atoms with E-state index in [0.29, 0.717) is 27.9 Å². The maximum Gasteiger partial charge on any atom is 0.339 e. The first-order valence-corrected chi connectivity index (χ1v) is 9.70. The normalized spacial score (nSPS) is 15.3. The summed E-state index contributed by atoms with van der Waals surface area (Å²) < 4.78 is 5.32. The Labute approximate surface area is 173 Å². The van der Waals surface area contributed by atoms with Crippen molar-refractivity contribution >= 4 is 46.0 Å². The summed E-state index contributed by atoms with van der Waals surface area (Å²) >= 11 is 5.98. The highest BCUT2D eigenvalue weighted by Crippen LogP contribution is 2.38. The summed E-state index contributed by atoms with van der Waals surface area (Å²) in [6, 6.07) is 15.0. The third kappa shape index (κ3) is 3.74. The lowest BCUT2D eigenvalue weighted by molar-refractivity contribution is -0.125. The number of pyridine rings is 1. The number of benzene rings is 2. The van der Waals surface area contributed by atoms with Crippen LogP contribution in [0.3, 0.4) is 0 Å². The van der Waals surface area contributed by atoms with Crippen LogP contribution >= 0.6 is 11.6 Å². The number of amides is 1. The van der Waals surface area contributed by atoms with Crippen LogP contribution in [0.2, 0.25) is 5.02 Å². The molecule has 6 heteroatoms. The van der Waals surface area contributed by atoms with E-state index < -0.39 is 18.0 Å². The lowest BCUT2D eigenvalue weighted by atomic mass is 10.0. The lowest BCUT2D eigenvalue weighted by Crippen LogP contribution is -2.30. The minimum absolute atomic E-state index is 0.457. The molecule has 4 rings (SSSR count). The van der Waals surface area contributed by atoms with Crippen LogP contribution in [0.25, 0.3) is 22.6 Å². The van der Waals surface area contributed by atoms with Gasteiger partial charge in [-0.05, 0) is 60.7 Å². The van der Waals surface area contributed by atoms with E-state index in [0.717, 1.165) is 28.8 Å². The number of hydrogen-bond donors (Lipinski definition) is 1. The Hall–Kier alpha value is -3.18. The van der Waals surface area contributed by atoms with Crippen LogP contribution in [0.15, 0.2) is 48.5 Å². The summed E-state index contributed by atoms with van der Waals surface area (Å²) in [6.07, 6.45) is 2.48. The molecule has 146 valence electrons. The number of primary amides is 1. The highest BCUT2D eigenvalue weighted by Gasteiger charge is 2.29. The van der Waals surface area contributed by atoms with Gasteiger partial charge in [0, 0.05) is 10.4 Å². The second-order valence-electron chi connectivity index (χ2n) is 7.00. The molecule has 2 aromatic carbocycles. The van der Waals surface area contributed by atoms with Gasteiger partial charge in [-0.25, -0.2) is 9.78 Å². The molecule has 0 saturated carbocycles. The van der Waals surface area contributed by atoms with E-state index in [1.165, 1.54) is 6.92 Å². The van der Waals surface area contributed by atoms with Gasteiger partial charge in [-0.15, -0.1) is 0 Å². The number of ether oxygens (including phenoxy) is 1. The maximum atomic E-state index is 12.9. The topological polar surface area (TPSA) is 82.3 Å². The first kappa shape index (κ1) is 19.2. The largest absolute Gasteiger partial charge is 0.449 e. The van der Waals surface area contributed by atoms with Crippen molar-refractivity contribution in [3.63, 3.8) is 0 Å². The van der Waals surface area contributed by atoms with Crippen LogP contribution in [-0.2, 0) is 16.0 Å². The molecule has 1 aliphatic carbocycles. The lowest BCUT2D eigenvalue weighted by Gasteiger charge is -2.14. The monoisotopic (exact) mass is 406 g/mol. The van der Waals surface area contributed by atoms with Crippen molar-refractivity contribution in [2.45, 2.75) is 25.9 Å². The van der Waals surface area contributed by atoms with E-state index in [-0.39, 0.29) is 0 Å². The van der Waals surface area contributed by atoms with Crippen molar-refractivity contribution < 1.29 is 14.3 Å². The zero-order valence-electron chi connectivity index (χ0n) is 15.8. The van der Waals surface area contributed by atoms with Gasteiger partial charge in [0.25, 0.3) is 5.91 Å². The van der Waals surface area contributed by atoms with Crippen molar-refractivity contribution in [1.82, 2.24) is 4.98 Å². The zero-order valence-corrected chi connectivity index (χ0v) is 16.6. The number of allylic oxidation sites excluding steroid dienone is 1. The van der Waals surface area contributed by atoms with Crippen LogP contribution < -0.4 is 5.73 Å². The first-order chi connectivity index (χ1) is 13.9. The van der Waals surface area contributed by atoms with Crippen LogP contribution in [0.5, 0.6) is 0 Å². The molecule has 3 aromatic rings. The number of carbonyl (C=O) groups excluding carboxylic acids is 2. The summed E-state index contributed by atoms with van der Waals surface area (Å²) in [6.45, 7) is 1.47. The van der Waals surface area contributed by atoms with Gasteiger partial charge in [0.05, 0.1) is 16.8 Å². The first-order valence-electron chi connectivity index (χ1n) is 9.32. The quantitative estimate of drug-likeness (QED) is 0.651. The molecule has 2 N–H and O–H groups in total. The maximum absolute atomic E-state index is 12.9. The Bertz CT molecular complexity index is 1150. The van der Waals surface area contributed by atoms with Gasteiger partial charge in [0.15, 0.2) is 6.10 Å². The average Bonchev–Trinajstić information content (AvgIpc) is 3.09. The van der Waals surface area contributed by atoms with E-state index in [4.69, 9.17) is 27.1 Å². The number of nitrogens with zero attached hydrogens (tertiary/aromatic N) is 1. The molecule has 0 bridgehead atoms. The van der Waals surface area contributed by atoms with Gasteiger partial charge in [0.1, 0.15) is 0 Å². The molecule has 0 radical (unpaired) electrons. The molecule has 1 aromatic heterocycles. The minimum Gasteiger partial charge on any atom is -0.449 e. The second kappa shape index (κ2) is 7.68. The third-order valence-corrected chi connectivity index (χ3v) is 5.29. The second-order valence-corrected chi connectivity index (χ2v) is 7.44. The summed E-state index contributed by atoms with van der Waals surface area (Å²) in [5.74, 6) is -1.24. The molecule has 0 aliphatic heterocycles. The Morgan fingerprint density at radius 3 is 2.59 bits per heavy atom. The number of esters is 1. The highest BCUT2D eigenvalue weighted by atomic mass is 35.5. The van der Waals surface area contributed by atoms with Crippen molar-refractivity contribution in [2.75, 3.05) is 0 Å². The van der Waals surface area contributed by atoms with Crippen molar-refractivity contribution in [2.24, 2.45) is 5.73 Å². The Morgan fingerprint density at radius 2 is 1.86 bits per heavy atom. The molecule has 29 heavy (non-hydrogen) atoms. The number of hydrogen-bond acceptors (Lipinski definition) is 4. The van der Waals surface area contributed by atoms with E-state index in [1.807, 2.05) is 48.5 Å². The van der Waals surface area contributed by atoms with Crippen LogP contribution in [0.4, 0.5) is 0 Å². The van der Waals surface area contributed by atoms with Gasteiger partial charge in [-0.3, -0.25) is 4.79 Å². The molecule has 0 spiro atoms. The number of halogens is 1. The fraction of sp³-hybridized carbons (Fsp3) is 0.174. The number of aromatic nitrogens is 1. The van der Waals surface area contributed by atoms with Crippen LogP contribution in [0.1, 0.15) is 40.5 Å². The number of carbonyl (C=O) groups is 2. The van der Waals surface area contributed by atoms with Gasteiger partial charge in [-0.1, -0.05) is 41.9 Å². The van der Waals surface area contributed by atoms with Crippen molar-refractivity contribution in [3.05, 3.63) is 75.9 Å². The van der Waals surface area contributed by atoms with Gasteiger partial charge >= 0.3 is 5.97 Å². The minimum atomic E-state index is -1.00. The van der Waals surface area contributed by atoms with E-state index >= 15 is 0 Å². The Balaban J connectivity index is 1.84. The molecule has 1 aliphatic rings. The van der Waals surface area contributed by atoms with Gasteiger partial charge in [0.2, 0.25) is 0 Å². The molecule has 0 saturated heterocycles. The Kier molecular flexibility index (Phi) is 5.07.